The lowest BCUT2D eigenvalue weighted by atomic mass is 10.2. The molecule has 3 heteroatoms. The summed E-state index contributed by atoms with van der Waals surface area (Å²) in [5.74, 6) is 0. The quantitative estimate of drug-likeness (QED) is 0.831. The summed E-state index contributed by atoms with van der Waals surface area (Å²) in [4.78, 5) is 13.6. The van der Waals surface area contributed by atoms with Crippen LogP contribution in [0, 0.1) is 6.92 Å². The molecular weight excluding hydrogens is 200 g/mol. The molecule has 0 fully saturated rings. The van der Waals surface area contributed by atoms with Gasteiger partial charge in [-0.05, 0) is 38.0 Å². The first-order valence-corrected chi connectivity index (χ1v) is 5.81. The smallest absolute Gasteiger partial charge is 0.321 e. The van der Waals surface area contributed by atoms with E-state index in [4.69, 9.17) is 0 Å². The molecule has 0 spiro atoms. The lowest BCUT2D eigenvalue weighted by Gasteiger charge is -2.21. The molecule has 0 aromatic heterocycles. The minimum Gasteiger partial charge on any atom is -0.338 e. The lowest BCUT2D eigenvalue weighted by molar-refractivity contribution is 0.246. The second-order valence-electron chi connectivity index (χ2n) is 3.82. The number of amides is 2. The van der Waals surface area contributed by atoms with Gasteiger partial charge in [-0.1, -0.05) is 19.1 Å². The second-order valence-corrected chi connectivity index (χ2v) is 3.82. The summed E-state index contributed by atoms with van der Waals surface area (Å²) in [7, 11) is 0. The molecule has 0 aliphatic heterocycles. The number of nitrogens with one attached hydrogen (secondary N) is 1. The predicted octanol–water partition coefficient (Wildman–Crippen LogP) is 2.94. The summed E-state index contributed by atoms with van der Waals surface area (Å²) in [5.41, 5.74) is 2.12. The Morgan fingerprint density at radius 3 is 2.69 bits per heavy atom. The van der Waals surface area contributed by atoms with Gasteiger partial charge in [-0.25, -0.2) is 4.79 Å². The molecule has 0 aliphatic carbocycles. The minimum atomic E-state index is -0.0186. The van der Waals surface area contributed by atoms with Crippen LogP contribution in [0.15, 0.2) is 24.3 Å². The number of urea groups is 1. The standard InChI is InChI=1S/C13H20N2O/c1-4-9-14-13(16)15(5-2)12-8-6-7-11(3)10-12/h6-8,10H,4-5,9H2,1-3H3,(H,14,16). The first-order chi connectivity index (χ1) is 7.69. The van der Waals surface area contributed by atoms with Crippen molar-refractivity contribution in [3.05, 3.63) is 29.8 Å². The van der Waals surface area contributed by atoms with Crippen LogP contribution < -0.4 is 10.2 Å². The maximum Gasteiger partial charge on any atom is 0.321 e. The number of anilines is 1. The highest BCUT2D eigenvalue weighted by atomic mass is 16.2. The maximum atomic E-state index is 11.9. The van der Waals surface area contributed by atoms with Gasteiger partial charge in [0.25, 0.3) is 0 Å². The number of carbonyl (C=O) groups is 1. The molecule has 1 rings (SSSR count). The summed E-state index contributed by atoms with van der Waals surface area (Å²) in [6, 6.07) is 7.97. The van der Waals surface area contributed by atoms with Gasteiger partial charge in [0, 0.05) is 18.8 Å². The molecule has 0 saturated carbocycles. The predicted molar refractivity (Wildman–Crippen MR) is 67.9 cm³/mol. The zero-order valence-electron chi connectivity index (χ0n) is 10.3. The Bertz CT molecular complexity index is 350. The van der Waals surface area contributed by atoms with E-state index >= 15 is 0 Å². The summed E-state index contributed by atoms with van der Waals surface area (Å²) in [6.45, 7) is 7.46. The fourth-order valence-corrected chi connectivity index (χ4v) is 1.57. The van der Waals surface area contributed by atoms with E-state index in [0.29, 0.717) is 6.54 Å². The van der Waals surface area contributed by atoms with Gasteiger partial charge in [0.1, 0.15) is 0 Å². The Hall–Kier alpha value is -1.51. The Balaban J connectivity index is 2.77. The van der Waals surface area contributed by atoms with Crippen LogP contribution in [0.3, 0.4) is 0 Å². The Labute approximate surface area is 97.5 Å². The molecule has 0 atom stereocenters. The highest BCUT2D eigenvalue weighted by molar-refractivity contribution is 5.91. The van der Waals surface area contributed by atoms with E-state index < -0.39 is 0 Å². The fraction of sp³-hybridized carbons (Fsp3) is 0.462. The number of hydrogen-bond acceptors (Lipinski definition) is 1. The highest BCUT2D eigenvalue weighted by Gasteiger charge is 2.12. The fourth-order valence-electron chi connectivity index (χ4n) is 1.57. The summed E-state index contributed by atoms with van der Waals surface area (Å²) in [5, 5.41) is 2.89. The summed E-state index contributed by atoms with van der Waals surface area (Å²) in [6.07, 6.45) is 0.955. The number of carbonyl (C=O) groups excluding carboxylic acids is 1. The van der Waals surface area contributed by atoms with Gasteiger partial charge in [-0.2, -0.15) is 0 Å². The third-order valence-electron chi connectivity index (χ3n) is 2.40. The van der Waals surface area contributed by atoms with Gasteiger partial charge >= 0.3 is 6.03 Å². The Morgan fingerprint density at radius 1 is 1.38 bits per heavy atom. The molecule has 1 aromatic rings. The second kappa shape index (κ2) is 6.16. The van der Waals surface area contributed by atoms with Crippen LogP contribution in [-0.4, -0.2) is 19.1 Å². The minimum absolute atomic E-state index is 0.0186. The number of rotatable bonds is 4. The van der Waals surface area contributed by atoms with Crippen molar-refractivity contribution < 1.29 is 4.79 Å². The SMILES string of the molecule is CCCNC(=O)N(CC)c1cccc(C)c1. The molecule has 2 amide bonds. The lowest BCUT2D eigenvalue weighted by Crippen LogP contribution is -2.40. The topological polar surface area (TPSA) is 32.3 Å². The third-order valence-corrected chi connectivity index (χ3v) is 2.40. The van der Waals surface area contributed by atoms with Crippen LogP contribution in [0.1, 0.15) is 25.8 Å². The highest BCUT2D eigenvalue weighted by Crippen LogP contribution is 2.15. The van der Waals surface area contributed by atoms with Crippen molar-refractivity contribution in [1.29, 1.82) is 0 Å². The first-order valence-electron chi connectivity index (χ1n) is 5.81. The molecule has 88 valence electrons. The van der Waals surface area contributed by atoms with Crippen molar-refractivity contribution in [1.82, 2.24) is 5.32 Å². The molecule has 0 heterocycles. The van der Waals surface area contributed by atoms with E-state index in [1.54, 1.807) is 4.90 Å². The van der Waals surface area contributed by atoms with E-state index in [1.165, 1.54) is 5.56 Å². The largest absolute Gasteiger partial charge is 0.338 e. The third kappa shape index (κ3) is 3.26. The summed E-state index contributed by atoms with van der Waals surface area (Å²) >= 11 is 0. The molecule has 0 bridgehead atoms. The zero-order valence-corrected chi connectivity index (χ0v) is 10.3. The number of nitrogens with zero attached hydrogens (tertiary/aromatic N) is 1. The molecule has 3 nitrogen and oxygen atoms in total. The van der Waals surface area contributed by atoms with Crippen molar-refractivity contribution in [3.63, 3.8) is 0 Å². The van der Waals surface area contributed by atoms with Crippen LogP contribution in [0.2, 0.25) is 0 Å². The number of benzene rings is 1. The van der Waals surface area contributed by atoms with Crippen molar-refractivity contribution >= 4 is 11.7 Å². The van der Waals surface area contributed by atoms with Gasteiger partial charge < -0.3 is 5.32 Å². The van der Waals surface area contributed by atoms with E-state index in [1.807, 2.05) is 45.0 Å². The Kier molecular flexibility index (Phi) is 4.83. The maximum absolute atomic E-state index is 11.9. The van der Waals surface area contributed by atoms with E-state index in [9.17, 15) is 4.79 Å². The normalized spacial score (nSPS) is 9.94. The first kappa shape index (κ1) is 12.6. The van der Waals surface area contributed by atoms with Crippen molar-refractivity contribution in [2.24, 2.45) is 0 Å². The molecule has 0 aliphatic rings. The molecule has 1 aromatic carbocycles. The van der Waals surface area contributed by atoms with E-state index in [-0.39, 0.29) is 6.03 Å². The summed E-state index contributed by atoms with van der Waals surface area (Å²) < 4.78 is 0. The zero-order chi connectivity index (χ0) is 12.0. The van der Waals surface area contributed by atoms with Crippen molar-refractivity contribution in [3.8, 4) is 0 Å². The van der Waals surface area contributed by atoms with Gasteiger partial charge in [-0.15, -0.1) is 0 Å². The van der Waals surface area contributed by atoms with E-state index in [0.717, 1.165) is 18.7 Å². The van der Waals surface area contributed by atoms with Gasteiger partial charge in [-0.3, -0.25) is 4.90 Å². The van der Waals surface area contributed by atoms with Gasteiger partial charge in [0.15, 0.2) is 0 Å². The van der Waals surface area contributed by atoms with Gasteiger partial charge in [0.2, 0.25) is 0 Å². The number of aryl methyl sites for hydroxylation is 1. The van der Waals surface area contributed by atoms with Crippen LogP contribution in [0.25, 0.3) is 0 Å². The molecule has 0 unspecified atom stereocenters. The van der Waals surface area contributed by atoms with Crippen LogP contribution in [0.5, 0.6) is 0 Å². The molecule has 16 heavy (non-hydrogen) atoms. The molecule has 0 radical (unpaired) electrons. The van der Waals surface area contributed by atoms with Crippen LogP contribution >= 0.6 is 0 Å². The van der Waals surface area contributed by atoms with Crippen molar-refractivity contribution in [2.45, 2.75) is 27.2 Å². The van der Waals surface area contributed by atoms with E-state index in [2.05, 4.69) is 5.32 Å². The molecular formula is C13H20N2O. The number of hydrogen-bond donors (Lipinski definition) is 1. The van der Waals surface area contributed by atoms with Crippen LogP contribution in [-0.2, 0) is 0 Å². The molecule has 1 N–H and O–H groups in total. The van der Waals surface area contributed by atoms with Crippen molar-refractivity contribution in [2.75, 3.05) is 18.0 Å². The van der Waals surface area contributed by atoms with Crippen LogP contribution in [0.4, 0.5) is 10.5 Å². The van der Waals surface area contributed by atoms with Gasteiger partial charge in [0.05, 0.1) is 0 Å². The monoisotopic (exact) mass is 220 g/mol. The Morgan fingerprint density at radius 2 is 2.12 bits per heavy atom. The average molecular weight is 220 g/mol. The molecule has 0 saturated heterocycles. The average Bonchev–Trinajstić information content (AvgIpc) is 2.27.